The number of benzene rings is 1. The van der Waals surface area contributed by atoms with E-state index < -0.39 is 0 Å². The van der Waals surface area contributed by atoms with Crippen molar-refractivity contribution in [2.24, 2.45) is 11.0 Å². The van der Waals surface area contributed by atoms with Crippen LogP contribution < -0.4 is 15.5 Å². The first kappa shape index (κ1) is 17.3. The lowest BCUT2D eigenvalue weighted by atomic mass is 9.89. The number of hydrogen-bond acceptors (Lipinski definition) is 4. The SMILES string of the molecule is CCOc1ccc(N[C@@H](C)C(=O)NN=C2CCCC[C@H]2C)cc1. The van der Waals surface area contributed by atoms with E-state index in [1.165, 1.54) is 12.8 Å². The fourth-order valence-electron chi connectivity index (χ4n) is 2.69. The smallest absolute Gasteiger partial charge is 0.262 e. The van der Waals surface area contributed by atoms with Crippen molar-refractivity contribution in [3.8, 4) is 5.75 Å². The molecule has 23 heavy (non-hydrogen) atoms. The molecule has 1 amide bonds. The zero-order valence-electron chi connectivity index (χ0n) is 14.3. The van der Waals surface area contributed by atoms with Crippen molar-refractivity contribution < 1.29 is 9.53 Å². The van der Waals surface area contributed by atoms with Crippen LogP contribution in [-0.2, 0) is 4.79 Å². The van der Waals surface area contributed by atoms with Crippen LogP contribution in [0.2, 0.25) is 0 Å². The highest BCUT2D eigenvalue weighted by molar-refractivity contribution is 5.90. The Kier molecular flexibility index (Phi) is 6.44. The van der Waals surface area contributed by atoms with E-state index in [1.807, 2.05) is 38.1 Å². The van der Waals surface area contributed by atoms with Gasteiger partial charge in [-0.05, 0) is 63.3 Å². The summed E-state index contributed by atoms with van der Waals surface area (Å²) in [6, 6.07) is 7.24. The largest absolute Gasteiger partial charge is 0.494 e. The van der Waals surface area contributed by atoms with Crippen LogP contribution in [0.15, 0.2) is 29.4 Å². The van der Waals surface area contributed by atoms with Gasteiger partial charge in [0.2, 0.25) is 0 Å². The lowest BCUT2D eigenvalue weighted by molar-refractivity contribution is -0.121. The number of nitrogens with zero attached hydrogens (tertiary/aromatic N) is 1. The monoisotopic (exact) mass is 317 g/mol. The first-order valence-electron chi connectivity index (χ1n) is 8.46. The number of carbonyl (C=O) groups excluding carboxylic acids is 1. The van der Waals surface area contributed by atoms with E-state index in [9.17, 15) is 4.79 Å². The maximum Gasteiger partial charge on any atom is 0.262 e. The van der Waals surface area contributed by atoms with E-state index in [0.717, 1.165) is 30.0 Å². The molecule has 2 N–H and O–H groups in total. The van der Waals surface area contributed by atoms with Crippen LogP contribution in [0.5, 0.6) is 5.75 Å². The van der Waals surface area contributed by atoms with Crippen molar-refractivity contribution in [1.82, 2.24) is 5.43 Å². The van der Waals surface area contributed by atoms with Gasteiger partial charge >= 0.3 is 0 Å². The molecule has 0 bridgehead atoms. The lowest BCUT2D eigenvalue weighted by Crippen LogP contribution is -2.36. The molecule has 0 heterocycles. The van der Waals surface area contributed by atoms with Crippen LogP contribution >= 0.6 is 0 Å². The summed E-state index contributed by atoms with van der Waals surface area (Å²) >= 11 is 0. The molecule has 0 aromatic heterocycles. The Morgan fingerprint density at radius 2 is 2.09 bits per heavy atom. The van der Waals surface area contributed by atoms with Crippen molar-refractivity contribution in [1.29, 1.82) is 0 Å². The maximum absolute atomic E-state index is 12.2. The standard InChI is InChI=1S/C18H27N3O2/c1-4-23-16-11-9-15(10-12-16)19-14(3)18(22)21-20-17-8-6-5-7-13(17)2/h9-14,19H,4-8H2,1-3H3,(H,21,22)/t13-,14+/m1/s1. The number of amides is 1. The third kappa shape index (κ3) is 5.27. The summed E-state index contributed by atoms with van der Waals surface area (Å²) in [7, 11) is 0. The molecule has 2 rings (SSSR count). The van der Waals surface area contributed by atoms with Crippen molar-refractivity contribution in [2.75, 3.05) is 11.9 Å². The number of rotatable bonds is 6. The number of hydrogen-bond donors (Lipinski definition) is 2. The van der Waals surface area contributed by atoms with Gasteiger partial charge in [-0.3, -0.25) is 4.79 Å². The summed E-state index contributed by atoms with van der Waals surface area (Å²) in [5.74, 6) is 1.18. The fraction of sp³-hybridized carbons (Fsp3) is 0.556. The molecular weight excluding hydrogens is 290 g/mol. The summed E-state index contributed by atoms with van der Waals surface area (Å²) < 4.78 is 5.40. The van der Waals surface area contributed by atoms with Crippen molar-refractivity contribution in [3.05, 3.63) is 24.3 Å². The summed E-state index contributed by atoms with van der Waals surface area (Å²) in [5.41, 5.74) is 4.69. The first-order chi connectivity index (χ1) is 11.1. The minimum Gasteiger partial charge on any atom is -0.494 e. The van der Waals surface area contributed by atoms with Crippen LogP contribution in [-0.4, -0.2) is 24.3 Å². The molecule has 1 aromatic carbocycles. The number of carbonyl (C=O) groups is 1. The van der Waals surface area contributed by atoms with E-state index in [1.54, 1.807) is 0 Å². The average Bonchev–Trinajstić information content (AvgIpc) is 2.56. The quantitative estimate of drug-likeness (QED) is 0.788. The van der Waals surface area contributed by atoms with E-state index in [4.69, 9.17) is 4.74 Å². The molecule has 1 fully saturated rings. The van der Waals surface area contributed by atoms with Gasteiger partial charge in [-0.2, -0.15) is 5.10 Å². The van der Waals surface area contributed by atoms with E-state index in [0.29, 0.717) is 12.5 Å². The molecule has 0 saturated heterocycles. The predicted octanol–water partition coefficient (Wildman–Crippen LogP) is 3.57. The van der Waals surface area contributed by atoms with Gasteiger partial charge in [0.05, 0.1) is 6.61 Å². The summed E-state index contributed by atoms with van der Waals surface area (Å²) in [5, 5.41) is 7.50. The minimum atomic E-state index is -0.351. The number of anilines is 1. The number of hydrazone groups is 1. The van der Waals surface area contributed by atoms with Gasteiger partial charge in [0, 0.05) is 11.4 Å². The lowest BCUT2D eigenvalue weighted by Gasteiger charge is -2.20. The van der Waals surface area contributed by atoms with Gasteiger partial charge in [0.1, 0.15) is 11.8 Å². The Morgan fingerprint density at radius 3 is 2.74 bits per heavy atom. The first-order valence-corrected chi connectivity index (χ1v) is 8.46. The molecular formula is C18H27N3O2. The third-order valence-corrected chi connectivity index (χ3v) is 4.14. The Bertz CT molecular complexity index is 540. The second-order valence-corrected chi connectivity index (χ2v) is 6.05. The van der Waals surface area contributed by atoms with Crippen molar-refractivity contribution in [2.45, 2.75) is 52.5 Å². The Labute approximate surface area is 138 Å². The molecule has 1 aliphatic carbocycles. The van der Waals surface area contributed by atoms with Gasteiger partial charge in [0.25, 0.3) is 5.91 Å². The van der Waals surface area contributed by atoms with E-state index >= 15 is 0 Å². The van der Waals surface area contributed by atoms with Gasteiger partial charge in [-0.15, -0.1) is 0 Å². The molecule has 0 radical (unpaired) electrons. The molecule has 0 spiro atoms. The topological polar surface area (TPSA) is 62.7 Å². The zero-order chi connectivity index (χ0) is 16.7. The number of nitrogens with one attached hydrogen (secondary N) is 2. The van der Waals surface area contributed by atoms with Gasteiger partial charge < -0.3 is 10.1 Å². The Balaban J connectivity index is 1.85. The zero-order valence-corrected chi connectivity index (χ0v) is 14.3. The minimum absolute atomic E-state index is 0.121. The highest BCUT2D eigenvalue weighted by atomic mass is 16.5. The van der Waals surface area contributed by atoms with Crippen LogP contribution in [0.4, 0.5) is 5.69 Å². The predicted molar refractivity (Wildman–Crippen MR) is 93.9 cm³/mol. The van der Waals surface area contributed by atoms with Crippen molar-refractivity contribution in [3.63, 3.8) is 0 Å². The molecule has 5 nitrogen and oxygen atoms in total. The van der Waals surface area contributed by atoms with Crippen molar-refractivity contribution >= 4 is 17.3 Å². The second kappa shape index (κ2) is 8.56. The molecule has 0 aliphatic heterocycles. The van der Waals surface area contributed by atoms with Crippen LogP contribution in [0.25, 0.3) is 0 Å². The molecule has 1 aliphatic rings. The average molecular weight is 317 g/mol. The normalized spacial score (nSPS) is 20.8. The molecule has 1 saturated carbocycles. The molecule has 5 heteroatoms. The summed E-state index contributed by atoms with van der Waals surface area (Å²) in [4.78, 5) is 12.2. The molecule has 0 unspecified atom stereocenters. The highest BCUT2D eigenvalue weighted by Gasteiger charge is 2.17. The Morgan fingerprint density at radius 1 is 1.35 bits per heavy atom. The fourth-order valence-corrected chi connectivity index (χ4v) is 2.69. The molecule has 126 valence electrons. The van der Waals surface area contributed by atoms with Gasteiger partial charge in [-0.25, -0.2) is 5.43 Å². The number of ether oxygens (including phenoxy) is 1. The van der Waals surface area contributed by atoms with Crippen LogP contribution in [0.1, 0.15) is 46.5 Å². The second-order valence-electron chi connectivity index (χ2n) is 6.05. The van der Waals surface area contributed by atoms with Crippen LogP contribution in [0, 0.1) is 5.92 Å². The molecule has 1 aromatic rings. The summed E-state index contributed by atoms with van der Waals surface area (Å²) in [6.07, 6.45) is 4.57. The van der Waals surface area contributed by atoms with Gasteiger partial charge in [0.15, 0.2) is 0 Å². The van der Waals surface area contributed by atoms with E-state index in [-0.39, 0.29) is 11.9 Å². The Hall–Kier alpha value is -2.04. The highest BCUT2D eigenvalue weighted by Crippen LogP contribution is 2.20. The van der Waals surface area contributed by atoms with Crippen LogP contribution in [0.3, 0.4) is 0 Å². The van der Waals surface area contributed by atoms with Gasteiger partial charge in [-0.1, -0.05) is 13.3 Å². The molecule has 2 atom stereocenters. The maximum atomic E-state index is 12.2. The summed E-state index contributed by atoms with van der Waals surface area (Å²) in [6.45, 7) is 6.60. The van der Waals surface area contributed by atoms with E-state index in [2.05, 4.69) is 22.8 Å². The third-order valence-electron chi connectivity index (χ3n) is 4.14.